The van der Waals surface area contributed by atoms with E-state index in [1.165, 1.54) is 18.5 Å². The summed E-state index contributed by atoms with van der Waals surface area (Å²) in [6, 6.07) is 4.76. The summed E-state index contributed by atoms with van der Waals surface area (Å²) in [5.41, 5.74) is 6.80. The summed E-state index contributed by atoms with van der Waals surface area (Å²) in [5.74, 6) is 0.157. The van der Waals surface area contributed by atoms with Gasteiger partial charge in [0.15, 0.2) is 0 Å². The summed E-state index contributed by atoms with van der Waals surface area (Å²) in [7, 11) is -3.70. The smallest absolute Gasteiger partial charge is 0.266 e. The molecule has 0 fully saturated rings. The molecular weight excluding hydrogens is 240 g/mol. The maximum Gasteiger partial charge on any atom is 0.266 e. The molecule has 1 aromatic carbocycles. The number of imidazole rings is 1. The largest absolute Gasteiger partial charge is 0.398 e. The number of H-pyrrole nitrogens is 1. The highest BCUT2D eigenvalue weighted by Gasteiger charge is 2.18. The topological polar surface area (TPSA) is 101 Å². The Morgan fingerprint density at radius 3 is 2.76 bits per heavy atom. The predicted molar refractivity (Wildman–Crippen MR) is 65.0 cm³/mol. The van der Waals surface area contributed by atoms with Gasteiger partial charge in [0.1, 0.15) is 4.90 Å². The van der Waals surface area contributed by atoms with Crippen LogP contribution in [0.2, 0.25) is 0 Å². The number of nitrogens with one attached hydrogen (secondary N) is 2. The third-order valence-corrected chi connectivity index (χ3v) is 3.60. The number of aromatic nitrogens is 2. The van der Waals surface area contributed by atoms with Gasteiger partial charge in [-0.15, -0.1) is 0 Å². The fraction of sp³-hybridized carbons (Fsp3) is 0.100. The van der Waals surface area contributed by atoms with Gasteiger partial charge in [-0.3, -0.25) is 0 Å². The lowest BCUT2D eigenvalue weighted by Gasteiger charge is -2.08. The van der Waals surface area contributed by atoms with E-state index in [0.29, 0.717) is 0 Å². The van der Waals surface area contributed by atoms with E-state index in [2.05, 4.69) is 14.7 Å². The molecule has 4 N–H and O–H groups in total. The molecule has 0 saturated carbocycles. The Labute approximate surface area is 98.9 Å². The molecule has 0 aliphatic rings. The molecule has 2 rings (SSSR count). The van der Waals surface area contributed by atoms with Gasteiger partial charge in [-0.25, -0.2) is 18.1 Å². The Kier molecular flexibility index (Phi) is 2.76. The number of nitrogens with two attached hydrogens (primary N) is 1. The normalized spacial score (nSPS) is 11.4. The van der Waals surface area contributed by atoms with Crippen LogP contribution < -0.4 is 10.5 Å². The lowest BCUT2D eigenvalue weighted by molar-refractivity contribution is 0.601. The number of aromatic amines is 1. The average molecular weight is 252 g/mol. The second kappa shape index (κ2) is 4.10. The number of hydrogen-bond acceptors (Lipinski definition) is 4. The van der Waals surface area contributed by atoms with E-state index < -0.39 is 10.0 Å². The molecule has 6 nitrogen and oxygen atoms in total. The number of nitrogen functional groups attached to an aromatic ring is 1. The van der Waals surface area contributed by atoms with Crippen molar-refractivity contribution < 1.29 is 8.42 Å². The van der Waals surface area contributed by atoms with Crippen molar-refractivity contribution in [1.29, 1.82) is 0 Å². The minimum absolute atomic E-state index is 0.0412. The van der Waals surface area contributed by atoms with Crippen molar-refractivity contribution in [2.24, 2.45) is 0 Å². The van der Waals surface area contributed by atoms with Gasteiger partial charge in [-0.05, 0) is 24.6 Å². The van der Waals surface area contributed by atoms with Crippen LogP contribution in [0.25, 0.3) is 0 Å². The van der Waals surface area contributed by atoms with Gasteiger partial charge < -0.3 is 10.7 Å². The molecule has 0 unspecified atom stereocenters. The highest BCUT2D eigenvalue weighted by molar-refractivity contribution is 7.92. The molecule has 90 valence electrons. The molecule has 17 heavy (non-hydrogen) atoms. The van der Waals surface area contributed by atoms with E-state index in [4.69, 9.17) is 5.73 Å². The first-order valence-corrected chi connectivity index (χ1v) is 6.36. The number of hydrogen-bond donors (Lipinski definition) is 3. The SMILES string of the molecule is Cc1ccc(S(=O)(=O)Nc2ncc[nH]2)c(N)c1. The van der Waals surface area contributed by atoms with Crippen LogP contribution >= 0.6 is 0 Å². The van der Waals surface area contributed by atoms with Crippen LogP contribution in [0.1, 0.15) is 5.56 Å². The van der Waals surface area contributed by atoms with Gasteiger partial charge in [0.2, 0.25) is 5.95 Å². The molecule has 0 aliphatic carbocycles. The molecule has 0 atom stereocenters. The second-order valence-electron chi connectivity index (χ2n) is 3.58. The van der Waals surface area contributed by atoms with Crippen molar-refractivity contribution in [3.05, 3.63) is 36.2 Å². The predicted octanol–water partition coefficient (Wildman–Crippen LogP) is 1.10. The van der Waals surface area contributed by atoms with Crippen molar-refractivity contribution in [3.63, 3.8) is 0 Å². The lowest BCUT2D eigenvalue weighted by Crippen LogP contribution is -2.15. The van der Waals surface area contributed by atoms with Gasteiger partial charge in [0.25, 0.3) is 10.0 Å². The maximum atomic E-state index is 12.0. The van der Waals surface area contributed by atoms with E-state index in [0.717, 1.165) is 5.56 Å². The molecule has 1 heterocycles. The summed E-state index contributed by atoms with van der Waals surface area (Å²) in [5, 5.41) is 0. The first-order chi connectivity index (χ1) is 7.99. The van der Waals surface area contributed by atoms with Gasteiger partial charge in [-0.1, -0.05) is 6.07 Å². The van der Waals surface area contributed by atoms with Crippen molar-refractivity contribution in [3.8, 4) is 0 Å². The Morgan fingerprint density at radius 1 is 1.41 bits per heavy atom. The molecule has 7 heteroatoms. The van der Waals surface area contributed by atoms with Gasteiger partial charge >= 0.3 is 0 Å². The number of nitrogens with zero attached hydrogens (tertiary/aromatic N) is 1. The summed E-state index contributed by atoms with van der Waals surface area (Å²) in [6.07, 6.45) is 2.98. The molecule has 0 bridgehead atoms. The van der Waals surface area contributed by atoms with E-state index in [-0.39, 0.29) is 16.5 Å². The minimum Gasteiger partial charge on any atom is -0.398 e. The zero-order chi connectivity index (χ0) is 12.5. The zero-order valence-corrected chi connectivity index (χ0v) is 9.95. The average Bonchev–Trinajstić information content (AvgIpc) is 2.68. The van der Waals surface area contributed by atoms with Crippen LogP contribution in [-0.2, 0) is 10.0 Å². The summed E-state index contributed by atoms with van der Waals surface area (Å²) in [4.78, 5) is 6.48. The third-order valence-electron chi connectivity index (χ3n) is 2.18. The van der Waals surface area contributed by atoms with Crippen LogP contribution in [-0.4, -0.2) is 18.4 Å². The molecule has 0 radical (unpaired) electrons. The Bertz CT molecular complexity index is 620. The molecule has 1 aromatic heterocycles. The molecule has 0 saturated heterocycles. The van der Waals surface area contributed by atoms with Gasteiger partial charge in [-0.2, -0.15) is 0 Å². The van der Waals surface area contributed by atoms with Crippen molar-refractivity contribution in [2.75, 3.05) is 10.5 Å². The number of sulfonamides is 1. The molecule has 0 amide bonds. The van der Waals surface area contributed by atoms with Crippen LogP contribution in [0.15, 0.2) is 35.5 Å². The van der Waals surface area contributed by atoms with Gasteiger partial charge in [0, 0.05) is 12.4 Å². The van der Waals surface area contributed by atoms with Crippen LogP contribution in [0.4, 0.5) is 11.6 Å². The standard InChI is InChI=1S/C10H12N4O2S/c1-7-2-3-9(8(11)6-7)17(15,16)14-10-12-4-5-13-10/h2-6H,11H2,1H3,(H2,12,13,14). The molecule has 0 spiro atoms. The number of rotatable bonds is 3. The zero-order valence-electron chi connectivity index (χ0n) is 9.14. The van der Waals surface area contributed by atoms with E-state index in [9.17, 15) is 8.42 Å². The lowest BCUT2D eigenvalue weighted by atomic mass is 10.2. The van der Waals surface area contributed by atoms with E-state index in [1.54, 1.807) is 12.1 Å². The van der Waals surface area contributed by atoms with Crippen molar-refractivity contribution >= 4 is 21.7 Å². The second-order valence-corrected chi connectivity index (χ2v) is 5.24. The monoisotopic (exact) mass is 252 g/mol. The number of anilines is 2. The first kappa shape index (κ1) is 11.5. The Balaban J connectivity index is 2.38. The molecule has 0 aliphatic heterocycles. The maximum absolute atomic E-state index is 12.0. The van der Waals surface area contributed by atoms with Crippen LogP contribution in [0, 0.1) is 6.92 Å². The van der Waals surface area contributed by atoms with E-state index >= 15 is 0 Å². The number of aryl methyl sites for hydroxylation is 1. The first-order valence-electron chi connectivity index (χ1n) is 4.87. The van der Waals surface area contributed by atoms with Crippen LogP contribution in [0.5, 0.6) is 0 Å². The van der Waals surface area contributed by atoms with Crippen molar-refractivity contribution in [1.82, 2.24) is 9.97 Å². The van der Waals surface area contributed by atoms with Crippen molar-refractivity contribution in [2.45, 2.75) is 11.8 Å². The fourth-order valence-corrected chi connectivity index (χ4v) is 2.51. The quantitative estimate of drug-likeness (QED) is 0.712. The summed E-state index contributed by atoms with van der Waals surface area (Å²) < 4.78 is 26.3. The molecule has 2 aromatic rings. The van der Waals surface area contributed by atoms with Crippen LogP contribution in [0.3, 0.4) is 0 Å². The highest BCUT2D eigenvalue weighted by Crippen LogP contribution is 2.21. The third kappa shape index (κ3) is 2.39. The summed E-state index contributed by atoms with van der Waals surface area (Å²) in [6.45, 7) is 1.84. The van der Waals surface area contributed by atoms with Gasteiger partial charge in [0.05, 0.1) is 5.69 Å². The highest BCUT2D eigenvalue weighted by atomic mass is 32.2. The Morgan fingerprint density at radius 2 is 2.18 bits per heavy atom. The summed E-state index contributed by atoms with van der Waals surface area (Å²) >= 11 is 0. The fourth-order valence-electron chi connectivity index (χ4n) is 1.42. The molecular formula is C10H12N4O2S. The Hall–Kier alpha value is -2.02. The van der Waals surface area contributed by atoms with E-state index in [1.807, 2.05) is 6.92 Å². The minimum atomic E-state index is -3.70. The number of benzene rings is 1.